The molecule has 0 N–H and O–H groups in total. The number of nitrogens with zero attached hydrogens (tertiary/aromatic N) is 2. The lowest BCUT2D eigenvalue weighted by Crippen LogP contribution is -2.42. The molecule has 0 saturated carbocycles. The van der Waals surface area contributed by atoms with E-state index in [9.17, 15) is 0 Å². The lowest BCUT2D eigenvalue weighted by molar-refractivity contribution is 0.0782. The molecular weight excluding hydrogens is 316 g/mol. The van der Waals surface area contributed by atoms with E-state index in [1.54, 1.807) is 0 Å². The van der Waals surface area contributed by atoms with Crippen molar-refractivity contribution in [3.8, 4) is 0 Å². The molecule has 0 unspecified atom stereocenters. The smallest absolute Gasteiger partial charge is 0.0703 e. The molecule has 3 rings (SSSR count). The van der Waals surface area contributed by atoms with E-state index in [4.69, 9.17) is 4.74 Å². The first kappa shape index (κ1) is 14.2. The summed E-state index contributed by atoms with van der Waals surface area (Å²) >= 11 is 3.48. The Hall–Kier alpha value is -0.710. The molecule has 3 nitrogen and oxygen atoms in total. The molecule has 0 spiro atoms. The lowest BCUT2D eigenvalue weighted by Gasteiger charge is -2.33. The molecule has 3 heterocycles. The Balaban J connectivity index is 1.73. The van der Waals surface area contributed by atoms with Crippen LogP contribution < -0.4 is 0 Å². The zero-order chi connectivity index (χ0) is 14.1. The van der Waals surface area contributed by atoms with Crippen LogP contribution in [0.1, 0.15) is 31.0 Å². The molecule has 1 aromatic heterocycles. The topological polar surface area (TPSA) is 25.4 Å². The van der Waals surface area contributed by atoms with Gasteiger partial charge in [0, 0.05) is 36.4 Å². The van der Waals surface area contributed by atoms with Crippen LogP contribution in [0.3, 0.4) is 0 Å². The maximum absolute atomic E-state index is 5.68. The zero-order valence-electron chi connectivity index (χ0n) is 12.1. The van der Waals surface area contributed by atoms with Gasteiger partial charge in [-0.15, -0.1) is 0 Å². The van der Waals surface area contributed by atoms with Crippen molar-refractivity contribution >= 4 is 21.5 Å². The summed E-state index contributed by atoms with van der Waals surface area (Å²) in [6.45, 7) is 7.36. The minimum atomic E-state index is 0.373. The molecule has 0 radical (unpaired) electrons. The number of hydrogen-bond acceptors (Lipinski definition) is 3. The number of halogens is 1. The number of hydrogen-bond donors (Lipinski definition) is 0. The summed E-state index contributed by atoms with van der Waals surface area (Å²) in [6.07, 6.45) is 6.86. The van der Waals surface area contributed by atoms with Gasteiger partial charge >= 0.3 is 0 Å². The molecule has 2 aliphatic rings. The SMILES string of the molecule is Cc1cc(Br)cnc1C1=CCN([C@@H]2CCO[C@@H]2C)CC1. The molecule has 108 valence electrons. The predicted octanol–water partition coefficient (Wildman–Crippen LogP) is 3.42. The van der Waals surface area contributed by atoms with E-state index in [0.717, 1.165) is 36.3 Å². The van der Waals surface area contributed by atoms with Gasteiger partial charge < -0.3 is 4.74 Å². The summed E-state index contributed by atoms with van der Waals surface area (Å²) in [7, 11) is 0. The third-order valence-corrected chi connectivity index (χ3v) is 4.83. The molecule has 1 fully saturated rings. The number of aryl methyl sites for hydroxylation is 1. The second-order valence-electron chi connectivity index (χ2n) is 5.73. The maximum atomic E-state index is 5.68. The highest BCUT2D eigenvalue weighted by atomic mass is 79.9. The summed E-state index contributed by atoms with van der Waals surface area (Å²) in [4.78, 5) is 7.13. The predicted molar refractivity (Wildman–Crippen MR) is 84.7 cm³/mol. The third kappa shape index (κ3) is 2.83. The molecular formula is C16H21BrN2O. The van der Waals surface area contributed by atoms with Crippen molar-refractivity contribution in [1.29, 1.82) is 0 Å². The first-order valence-electron chi connectivity index (χ1n) is 7.32. The van der Waals surface area contributed by atoms with Crippen LogP contribution in [0.4, 0.5) is 0 Å². The van der Waals surface area contributed by atoms with Gasteiger partial charge in [-0.3, -0.25) is 9.88 Å². The van der Waals surface area contributed by atoms with E-state index >= 15 is 0 Å². The minimum absolute atomic E-state index is 0.373. The van der Waals surface area contributed by atoms with E-state index in [2.05, 4.69) is 51.8 Å². The first-order valence-corrected chi connectivity index (χ1v) is 8.11. The fourth-order valence-corrected chi connectivity index (χ4v) is 3.72. The summed E-state index contributed by atoms with van der Waals surface area (Å²) < 4.78 is 6.73. The maximum Gasteiger partial charge on any atom is 0.0703 e. The summed E-state index contributed by atoms with van der Waals surface area (Å²) in [6, 6.07) is 2.73. The monoisotopic (exact) mass is 336 g/mol. The fraction of sp³-hybridized carbons (Fsp3) is 0.562. The lowest BCUT2D eigenvalue weighted by atomic mass is 9.98. The van der Waals surface area contributed by atoms with Crippen LogP contribution in [0.25, 0.3) is 5.57 Å². The van der Waals surface area contributed by atoms with E-state index in [0.29, 0.717) is 12.1 Å². The molecule has 20 heavy (non-hydrogen) atoms. The van der Waals surface area contributed by atoms with Crippen LogP contribution in [0.5, 0.6) is 0 Å². The molecule has 2 aliphatic heterocycles. The Morgan fingerprint density at radius 2 is 2.30 bits per heavy atom. The van der Waals surface area contributed by atoms with Gasteiger partial charge in [-0.2, -0.15) is 0 Å². The van der Waals surface area contributed by atoms with Crippen molar-refractivity contribution in [2.45, 2.75) is 38.8 Å². The van der Waals surface area contributed by atoms with E-state index in [1.807, 2.05) is 6.20 Å². The second-order valence-corrected chi connectivity index (χ2v) is 6.64. The van der Waals surface area contributed by atoms with Gasteiger partial charge in [-0.1, -0.05) is 6.08 Å². The molecule has 1 aromatic rings. The van der Waals surface area contributed by atoms with E-state index in [1.165, 1.54) is 17.6 Å². The van der Waals surface area contributed by atoms with Gasteiger partial charge in [0.25, 0.3) is 0 Å². The van der Waals surface area contributed by atoms with Gasteiger partial charge in [-0.25, -0.2) is 0 Å². The minimum Gasteiger partial charge on any atom is -0.377 e. The standard InChI is InChI=1S/C16H21BrN2O/c1-11-9-14(17)10-18-16(11)13-3-6-19(7-4-13)15-5-8-20-12(15)2/h3,9-10,12,15H,4-8H2,1-2H3/t12-,15-/m1/s1. The Morgan fingerprint density at radius 3 is 2.90 bits per heavy atom. The Kier molecular flexibility index (Phi) is 4.24. The molecule has 0 aliphatic carbocycles. The van der Waals surface area contributed by atoms with Gasteiger partial charge in [0.1, 0.15) is 0 Å². The molecule has 4 heteroatoms. The van der Waals surface area contributed by atoms with Crippen LogP contribution in [0, 0.1) is 6.92 Å². The van der Waals surface area contributed by atoms with Crippen LogP contribution in [0.15, 0.2) is 22.8 Å². The van der Waals surface area contributed by atoms with Crippen LogP contribution in [-0.4, -0.2) is 41.7 Å². The molecule has 0 aromatic carbocycles. The van der Waals surface area contributed by atoms with Gasteiger partial charge in [0.05, 0.1) is 11.8 Å². The first-order chi connectivity index (χ1) is 9.65. The highest BCUT2D eigenvalue weighted by molar-refractivity contribution is 9.10. The van der Waals surface area contributed by atoms with Crippen molar-refractivity contribution in [2.24, 2.45) is 0 Å². The number of pyridine rings is 1. The van der Waals surface area contributed by atoms with Crippen molar-refractivity contribution in [2.75, 3.05) is 19.7 Å². The van der Waals surface area contributed by atoms with Crippen LogP contribution >= 0.6 is 15.9 Å². The van der Waals surface area contributed by atoms with Gasteiger partial charge in [-0.05, 0) is 59.8 Å². The van der Waals surface area contributed by atoms with Crippen molar-refractivity contribution in [3.63, 3.8) is 0 Å². The highest BCUT2D eigenvalue weighted by Crippen LogP contribution is 2.28. The quantitative estimate of drug-likeness (QED) is 0.827. The summed E-state index contributed by atoms with van der Waals surface area (Å²) in [5.74, 6) is 0. The van der Waals surface area contributed by atoms with E-state index in [-0.39, 0.29) is 0 Å². The molecule has 2 atom stereocenters. The number of aromatic nitrogens is 1. The number of ether oxygens (including phenoxy) is 1. The zero-order valence-corrected chi connectivity index (χ0v) is 13.7. The summed E-state index contributed by atoms with van der Waals surface area (Å²) in [5, 5.41) is 0. The number of rotatable bonds is 2. The Bertz CT molecular complexity index is 529. The average molecular weight is 337 g/mol. The van der Waals surface area contributed by atoms with Gasteiger partial charge in [0.2, 0.25) is 0 Å². The van der Waals surface area contributed by atoms with Crippen molar-refractivity contribution in [1.82, 2.24) is 9.88 Å². The normalized spacial score (nSPS) is 27.6. The van der Waals surface area contributed by atoms with Gasteiger partial charge in [0.15, 0.2) is 0 Å². The molecule has 0 amide bonds. The largest absolute Gasteiger partial charge is 0.377 e. The van der Waals surface area contributed by atoms with Crippen molar-refractivity contribution in [3.05, 3.63) is 34.1 Å². The Morgan fingerprint density at radius 1 is 1.45 bits per heavy atom. The Labute approximate surface area is 129 Å². The third-order valence-electron chi connectivity index (χ3n) is 4.39. The van der Waals surface area contributed by atoms with Crippen LogP contribution in [0.2, 0.25) is 0 Å². The second kappa shape index (κ2) is 5.96. The van der Waals surface area contributed by atoms with Crippen molar-refractivity contribution < 1.29 is 4.74 Å². The summed E-state index contributed by atoms with van der Waals surface area (Å²) in [5.41, 5.74) is 3.79. The molecule has 1 saturated heterocycles. The fourth-order valence-electron chi connectivity index (χ4n) is 3.28. The average Bonchev–Trinajstić information content (AvgIpc) is 2.85. The highest BCUT2D eigenvalue weighted by Gasteiger charge is 2.30. The van der Waals surface area contributed by atoms with Crippen LogP contribution in [-0.2, 0) is 4.74 Å². The van der Waals surface area contributed by atoms with E-state index < -0.39 is 0 Å². The molecule has 0 bridgehead atoms.